The van der Waals surface area contributed by atoms with E-state index >= 15 is 0 Å². The lowest BCUT2D eigenvalue weighted by atomic mass is 10.1. The van der Waals surface area contributed by atoms with Gasteiger partial charge in [-0.25, -0.2) is 0 Å². The Balaban J connectivity index is 2.25. The molecule has 0 aromatic heterocycles. The molecule has 0 amide bonds. The van der Waals surface area contributed by atoms with Crippen LogP contribution in [0.15, 0.2) is 41.3 Å². The number of carbonyl (C=O) groups is 1. The molecule has 0 heterocycles. The second-order valence-corrected chi connectivity index (χ2v) is 7.22. The van der Waals surface area contributed by atoms with E-state index in [1.54, 1.807) is 12.1 Å². The van der Waals surface area contributed by atoms with Gasteiger partial charge in [0.1, 0.15) is 0 Å². The summed E-state index contributed by atoms with van der Waals surface area (Å²) in [4.78, 5) is 12.5. The first-order valence-electron chi connectivity index (χ1n) is 5.70. The predicted octanol–water partition coefficient (Wildman–Crippen LogP) is 5.29. The van der Waals surface area contributed by atoms with Crippen LogP contribution in [0.5, 0.6) is 0 Å². The van der Waals surface area contributed by atoms with Crippen molar-refractivity contribution in [2.75, 3.05) is 5.75 Å². The van der Waals surface area contributed by atoms with Crippen molar-refractivity contribution in [2.24, 2.45) is 0 Å². The number of rotatable bonds is 4. The summed E-state index contributed by atoms with van der Waals surface area (Å²) in [7, 11) is -1.62. The molecule has 1 atom stereocenters. The monoisotopic (exact) mass is 380 g/mol. The second-order valence-electron chi connectivity index (χ2n) is 4.11. The number of hydrogen-bond donors (Lipinski definition) is 0. The summed E-state index contributed by atoms with van der Waals surface area (Å²) in [6.45, 7) is 0. The molecule has 0 N–H and O–H groups in total. The molecule has 2 nitrogen and oxygen atoms in total. The third-order valence-corrected chi connectivity index (χ3v) is 5.22. The van der Waals surface area contributed by atoms with Crippen molar-refractivity contribution in [2.45, 2.75) is 4.90 Å². The van der Waals surface area contributed by atoms with Gasteiger partial charge in [-0.05, 0) is 36.4 Å². The Labute approximate surface area is 144 Å². The highest BCUT2D eigenvalue weighted by Gasteiger charge is 2.17. The fraction of sp³-hybridized carbons (Fsp3) is 0.0714. The van der Waals surface area contributed by atoms with Gasteiger partial charge in [0.05, 0.1) is 31.5 Å². The molecule has 0 aliphatic rings. The first-order valence-corrected chi connectivity index (χ1v) is 8.53. The maximum Gasteiger partial charge on any atom is 0.177 e. The lowest BCUT2D eigenvalue weighted by molar-refractivity contribution is 0.102. The summed E-state index contributed by atoms with van der Waals surface area (Å²) in [5.74, 6) is -0.628. The molecule has 0 spiro atoms. The van der Waals surface area contributed by atoms with Crippen LogP contribution in [0.1, 0.15) is 10.4 Å². The number of halogens is 4. The van der Waals surface area contributed by atoms with E-state index in [2.05, 4.69) is 0 Å². The van der Waals surface area contributed by atoms with Crippen molar-refractivity contribution in [3.05, 3.63) is 62.1 Å². The molecular formula is C14H8Cl4O2S. The van der Waals surface area contributed by atoms with Gasteiger partial charge in [0.2, 0.25) is 0 Å². The van der Waals surface area contributed by atoms with Gasteiger partial charge in [0, 0.05) is 15.6 Å². The van der Waals surface area contributed by atoms with Gasteiger partial charge >= 0.3 is 0 Å². The normalized spacial score (nSPS) is 12.2. The van der Waals surface area contributed by atoms with Crippen LogP contribution in [0.4, 0.5) is 0 Å². The molecule has 7 heteroatoms. The fourth-order valence-electron chi connectivity index (χ4n) is 1.64. The van der Waals surface area contributed by atoms with Crippen LogP contribution in [0.2, 0.25) is 20.1 Å². The SMILES string of the molecule is O=C(CS(=O)c1cc(Cl)ccc1Cl)c1cc(Cl)ccc1Cl. The number of ketones is 1. The molecule has 110 valence electrons. The minimum Gasteiger partial charge on any atom is -0.293 e. The Bertz CT molecular complexity index is 669. The topological polar surface area (TPSA) is 34.1 Å². The summed E-state index contributed by atoms with van der Waals surface area (Å²) in [6.07, 6.45) is 0. The molecule has 2 rings (SSSR count). The van der Waals surface area contributed by atoms with Gasteiger partial charge in [-0.3, -0.25) is 9.00 Å². The highest BCUT2D eigenvalue weighted by Crippen LogP contribution is 2.26. The van der Waals surface area contributed by atoms with Gasteiger partial charge in [0.25, 0.3) is 0 Å². The van der Waals surface area contributed by atoms with E-state index in [1.807, 2.05) is 0 Å². The van der Waals surface area contributed by atoms with Gasteiger partial charge in [-0.2, -0.15) is 0 Å². The molecule has 21 heavy (non-hydrogen) atoms. The van der Waals surface area contributed by atoms with E-state index in [9.17, 15) is 9.00 Å². The zero-order chi connectivity index (χ0) is 15.6. The van der Waals surface area contributed by atoms with Crippen LogP contribution >= 0.6 is 46.4 Å². The number of carbonyl (C=O) groups excluding carboxylic acids is 1. The van der Waals surface area contributed by atoms with Crippen molar-refractivity contribution in [3.63, 3.8) is 0 Å². The lowest BCUT2D eigenvalue weighted by Crippen LogP contribution is -2.12. The summed E-state index contributed by atoms with van der Waals surface area (Å²) in [6, 6.07) is 9.14. The standard InChI is InChI=1S/C14H8Cl4O2S/c15-8-1-3-11(17)10(5-8)13(19)7-21(20)14-6-9(16)2-4-12(14)18/h1-6H,7H2. The summed E-state index contributed by atoms with van der Waals surface area (Å²) in [5.41, 5.74) is 0.232. The van der Waals surface area contributed by atoms with Crippen molar-refractivity contribution < 1.29 is 9.00 Å². The Morgan fingerprint density at radius 2 is 1.48 bits per heavy atom. The molecule has 0 radical (unpaired) electrons. The van der Waals surface area contributed by atoms with Crippen molar-refractivity contribution in [1.29, 1.82) is 0 Å². The van der Waals surface area contributed by atoms with E-state index in [1.165, 1.54) is 24.3 Å². The third-order valence-electron chi connectivity index (χ3n) is 2.63. The van der Waals surface area contributed by atoms with Crippen LogP contribution in [0, 0.1) is 0 Å². The molecule has 2 aromatic carbocycles. The molecule has 0 bridgehead atoms. The Kier molecular flexibility index (Phi) is 5.69. The number of benzene rings is 2. The van der Waals surface area contributed by atoms with Crippen LogP contribution in [-0.4, -0.2) is 15.7 Å². The van der Waals surface area contributed by atoms with Gasteiger partial charge in [0.15, 0.2) is 5.78 Å². The molecular weight excluding hydrogens is 374 g/mol. The minimum absolute atomic E-state index is 0.232. The maximum absolute atomic E-state index is 12.3. The summed E-state index contributed by atoms with van der Waals surface area (Å²) < 4.78 is 12.3. The van der Waals surface area contributed by atoms with E-state index in [0.29, 0.717) is 20.0 Å². The zero-order valence-corrected chi connectivity index (χ0v) is 14.2. The maximum atomic E-state index is 12.3. The van der Waals surface area contributed by atoms with Crippen molar-refractivity contribution in [1.82, 2.24) is 0 Å². The highest BCUT2D eigenvalue weighted by molar-refractivity contribution is 7.86. The van der Waals surface area contributed by atoms with Gasteiger partial charge in [-0.1, -0.05) is 46.4 Å². The van der Waals surface area contributed by atoms with E-state index < -0.39 is 10.8 Å². The fourth-order valence-corrected chi connectivity index (χ4v) is 3.74. The molecule has 2 aromatic rings. The molecule has 1 unspecified atom stereocenters. The Morgan fingerprint density at radius 1 is 0.905 bits per heavy atom. The van der Waals surface area contributed by atoms with Crippen LogP contribution in [-0.2, 0) is 10.8 Å². The molecule has 0 aliphatic heterocycles. The Morgan fingerprint density at radius 3 is 2.14 bits per heavy atom. The van der Waals surface area contributed by atoms with Crippen LogP contribution in [0.25, 0.3) is 0 Å². The Hall–Kier alpha value is -0.580. The quantitative estimate of drug-likeness (QED) is 0.674. The largest absolute Gasteiger partial charge is 0.293 e. The number of hydrogen-bond acceptors (Lipinski definition) is 2. The van der Waals surface area contributed by atoms with Gasteiger partial charge < -0.3 is 0 Å². The summed E-state index contributed by atoms with van der Waals surface area (Å²) in [5, 5.41) is 1.34. The van der Waals surface area contributed by atoms with E-state index in [4.69, 9.17) is 46.4 Å². The molecule has 0 saturated heterocycles. The molecule has 0 saturated carbocycles. The van der Waals surface area contributed by atoms with E-state index in [-0.39, 0.29) is 22.1 Å². The average Bonchev–Trinajstić information content (AvgIpc) is 2.43. The highest BCUT2D eigenvalue weighted by atomic mass is 35.5. The molecule has 0 aliphatic carbocycles. The smallest absolute Gasteiger partial charge is 0.177 e. The third kappa shape index (κ3) is 4.21. The van der Waals surface area contributed by atoms with Crippen molar-refractivity contribution >= 4 is 63.0 Å². The van der Waals surface area contributed by atoms with Crippen LogP contribution < -0.4 is 0 Å². The zero-order valence-electron chi connectivity index (χ0n) is 10.4. The van der Waals surface area contributed by atoms with Crippen LogP contribution in [0.3, 0.4) is 0 Å². The summed E-state index contributed by atoms with van der Waals surface area (Å²) >= 11 is 23.6. The lowest BCUT2D eigenvalue weighted by Gasteiger charge is -2.06. The van der Waals surface area contributed by atoms with E-state index in [0.717, 1.165) is 0 Å². The average molecular weight is 382 g/mol. The first kappa shape index (κ1) is 16.8. The predicted molar refractivity (Wildman–Crippen MR) is 88.5 cm³/mol. The molecule has 0 fully saturated rings. The number of Topliss-reactive ketones (excluding diaryl/α,β-unsaturated/α-hetero) is 1. The van der Waals surface area contributed by atoms with Gasteiger partial charge in [-0.15, -0.1) is 0 Å². The minimum atomic E-state index is -1.62. The van der Waals surface area contributed by atoms with Crippen molar-refractivity contribution in [3.8, 4) is 0 Å². The second kappa shape index (κ2) is 7.12. The first-order chi connectivity index (χ1) is 9.88.